The van der Waals surface area contributed by atoms with Gasteiger partial charge in [-0.3, -0.25) is 4.90 Å². The summed E-state index contributed by atoms with van der Waals surface area (Å²) in [5.74, 6) is 2.69. The first-order chi connectivity index (χ1) is 25.6. The third-order valence-corrected chi connectivity index (χ3v) is 9.92. The zero-order valence-electron chi connectivity index (χ0n) is 29.2. The van der Waals surface area contributed by atoms with Crippen LogP contribution in [0.5, 0.6) is 11.5 Å². The molecule has 0 aliphatic carbocycles. The fraction of sp³-hybridized carbons (Fsp3) is 0.0851. The standard InChI is InChI=1S/C47H38N4O/c1-33(2)43-30-47(48-31-44(43)34-14-5-3-6-15-34)51-45-23-12-11-22-41(45)39-20-9-10-21-40(39)42-25-24-38(29-46(42)51)52-37-19-13-18-36(28-37)50-27-26-49(32-50)35-16-7-4-8-17-35/h3-31,33H,32H2,1-2H3. The monoisotopic (exact) mass is 674 g/mol. The second-order valence-corrected chi connectivity index (χ2v) is 13.5. The summed E-state index contributed by atoms with van der Waals surface area (Å²) in [7, 11) is 0. The van der Waals surface area contributed by atoms with Crippen LogP contribution in [-0.4, -0.2) is 11.7 Å². The lowest BCUT2D eigenvalue weighted by Gasteiger charge is -2.28. The van der Waals surface area contributed by atoms with Gasteiger partial charge in [-0.2, -0.15) is 0 Å². The van der Waals surface area contributed by atoms with E-state index in [1.165, 1.54) is 22.3 Å². The molecule has 52 heavy (non-hydrogen) atoms. The number of aromatic nitrogens is 1. The van der Waals surface area contributed by atoms with Gasteiger partial charge in [0.05, 0.1) is 18.0 Å². The van der Waals surface area contributed by atoms with E-state index in [0.717, 1.165) is 63.4 Å². The summed E-state index contributed by atoms with van der Waals surface area (Å²) in [6, 6.07) is 55.3. The number of fused-ring (bicyclic) bond motifs is 5. The minimum Gasteiger partial charge on any atom is -0.457 e. The summed E-state index contributed by atoms with van der Waals surface area (Å²) in [5, 5.41) is 0. The van der Waals surface area contributed by atoms with Gasteiger partial charge in [0.25, 0.3) is 0 Å². The van der Waals surface area contributed by atoms with Gasteiger partial charge in [0.2, 0.25) is 0 Å². The Balaban J connectivity index is 1.13. The van der Waals surface area contributed by atoms with E-state index in [4.69, 9.17) is 9.72 Å². The van der Waals surface area contributed by atoms with Gasteiger partial charge in [0.15, 0.2) is 0 Å². The van der Waals surface area contributed by atoms with E-state index in [1.54, 1.807) is 0 Å². The second-order valence-electron chi connectivity index (χ2n) is 13.5. The lowest BCUT2D eigenvalue weighted by molar-refractivity contribution is 0.483. The highest BCUT2D eigenvalue weighted by Crippen LogP contribution is 2.51. The van der Waals surface area contributed by atoms with Crippen molar-refractivity contribution in [2.45, 2.75) is 19.8 Å². The lowest BCUT2D eigenvalue weighted by Crippen LogP contribution is -2.24. The van der Waals surface area contributed by atoms with Crippen molar-refractivity contribution in [2.24, 2.45) is 0 Å². The highest BCUT2D eigenvalue weighted by molar-refractivity contribution is 6.02. The molecule has 3 heterocycles. The number of pyridine rings is 1. The normalized spacial score (nSPS) is 13.1. The summed E-state index contributed by atoms with van der Waals surface area (Å²) < 4.78 is 6.68. The molecular formula is C47H38N4O. The van der Waals surface area contributed by atoms with Crippen LogP contribution in [0.25, 0.3) is 33.4 Å². The van der Waals surface area contributed by atoms with Crippen LogP contribution in [0.4, 0.5) is 28.6 Å². The van der Waals surface area contributed by atoms with Gasteiger partial charge in [-0.25, -0.2) is 4.98 Å². The van der Waals surface area contributed by atoms with Crippen LogP contribution >= 0.6 is 0 Å². The predicted octanol–water partition coefficient (Wildman–Crippen LogP) is 12.5. The van der Waals surface area contributed by atoms with Crippen molar-refractivity contribution in [2.75, 3.05) is 21.4 Å². The number of nitrogens with zero attached hydrogens (tertiary/aromatic N) is 4. The number of anilines is 5. The lowest BCUT2D eigenvalue weighted by atomic mass is 9.94. The molecule has 0 fully saturated rings. The summed E-state index contributed by atoms with van der Waals surface area (Å²) in [6.07, 6.45) is 6.27. The summed E-state index contributed by atoms with van der Waals surface area (Å²) in [6.45, 7) is 5.24. The van der Waals surface area contributed by atoms with Gasteiger partial charge < -0.3 is 14.5 Å². The smallest absolute Gasteiger partial charge is 0.137 e. The van der Waals surface area contributed by atoms with Gasteiger partial charge in [-0.05, 0) is 76.7 Å². The van der Waals surface area contributed by atoms with Crippen LogP contribution in [0.3, 0.4) is 0 Å². The molecule has 0 unspecified atom stereocenters. The van der Waals surface area contributed by atoms with Crippen molar-refractivity contribution in [3.05, 3.63) is 182 Å². The number of hydrogen-bond donors (Lipinski definition) is 0. The molecule has 6 aromatic carbocycles. The minimum absolute atomic E-state index is 0.294. The topological polar surface area (TPSA) is 31.8 Å². The Morgan fingerprint density at radius 2 is 1.13 bits per heavy atom. The zero-order valence-corrected chi connectivity index (χ0v) is 29.2. The highest BCUT2D eigenvalue weighted by Gasteiger charge is 2.28. The van der Waals surface area contributed by atoms with Gasteiger partial charge in [-0.1, -0.05) is 111 Å². The van der Waals surface area contributed by atoms with E-state index in [2.05, 4.69) is 187 Å². The van der Waals surface area contributed by atoms with Crippen LogP contribution < -0.4 is 19.4 Å². The summed E-state index contributed by atoms with van der Waals surface area (Å²) >= 11 is 0. The zero-order chi connectivity index (χ0) is 35.0. The molecule has 0 amide bonds. The fourth-order valence-corrected chi connectivity index (χ4v) is 7.37. The van der Waals surface area contributed by atoms with Gasteiger partial charge in [-0.15, -0.1) is 0 Å². The van der Waals surface area contributed by atoms with Crippen molar-refractivity contribution in [3.63, 3.8) is 0 Å². The third-order valence-electron chi connectivity index (χ3n) is 9.92. The largest absolute Gasteiger partial charge is 0.457 e. The molecule has 9 rings (SSSR count). The molecule has 0 spiro atoms. The quantitative estimate of drug-likeness (QED) is 0.168. The average Bonchev–Trinajstić information content (AvgIpc) is 3.66. The molecular weight excluding hydrogens is 637 g/mol. The minimum atomic E-state index is 0.294. The van der Waals surface area contributed by atoms with Crippen molar-refractivity contribution in [3.8, 4) is 44.9 Å². The molecule has 5 nitrogen and oxygen atoms in total. The molecule has 1 aromatic heterocycles. The molecule has 0 saturated heterocycles. The maximum atomic E-state index is 6.68. The van der Waals surface area contributed by atoms with Crippen molar-refractivity contribution < 1.29 is 4.74 Å². The first-order valence-corrected chi connectivity index (χ1v) is 17.8. The van der Waals surface area contributed by atoms with Crippen LogP contribution in [0.15, 0.2) is 176 Å². The Hall–Kier alpha value is -6.59. The van der Waals surface area contributed by atoms with Crippen molar-refractivity contribution in [1.29, 1.82) is 0 Å². The third kappa shape index (κ3) is 5.76. The molecule has 2 aliphatic rings. The van der Waals surface area contributed by atoms with Gasteiger partial charge in [0, 0.05) is 58.8 Å². The fourth-order valence-electron chi connectivity index (χ4n) is 7.37. The summed E-state index contributed by atoms with van der Waals surface area (Å²) in [5.41, 5.74) is 12.5. The maximum Gasteiger partial charge on any atom is 0.137 e. The molecule has 5 heteroatoms. The van der Waals surface area contributed by atoms with E-state index < -0.39 is 0 Å². The first-order valence-electron chi connectivity index (χ1n) is 17.8. The molecule has 0 N–H and O–H groups in total. The SMILES string of the molecule is CC(C)c1cc(N2c3ccccc3-c3ccccc3-c3ccc(Oc4cccc(N5C=CN(c6ccccc6)C5)c4)cc32)ncc1-c1ccccc1. The average molecular weight is 675 g/mol. The van der Waals surface area contributed by atoms with Gasteiger partial charge in [0.1, 0.15) is 17.3 Å². The van der Waals surface area contributed by atoms with Crippen LogP contribution in [0, 0.1) is 0 Å². The van der Waals surface area contributed by atoms with Gasteiger partial charge >= 0.3 is 0 Å². The number of benzene rings is 6. The maximum absolute atomic E-state index is 6.68. The Morgan fingerprint density at radius 3 is 1.88 bits per heavy atom. The Bertz CT molecular complexity index is 2420. The molecule has 252 valence electrons. The highest BCUT2D eigenvalue weighted by atomic mass is 16.5. The molecule has 7 aromatic rings. The Kier molecular flexibility index (Phi) is 8.01. The van der Waals surface area contributed by atoms with Crippen LogP contribution in [0.1, 0.15) is 25.3 Å². The number of ether oxygens (including phenoxy) is 1. The molecule has 0 atom stereocenters. The van der Waals surface area contributed by atoms with Crippen LogP contribution in [0.2, 0.25) is 0 Å². The molecule has 2 aliphatic heterocycles. The number of rotatable bonds is 7. The summed E-state index contributed by atoms with van der Waals surface area (Å²) in [4.78, 5) is 12.0. The van der Waals surface area contributed by atoms with E-state index in [1.807, 2.05) is 18.3 Å². The van der Waals surface area contributed by atoms with E-state index in [-0.39, 0.29) is 0 Å². The number of para-hydroxylation sites is 2. The van der Waals surface area contributed by atoms with Crippen molar-refractivity contribution >= 4 is 28.6 Å². The Morgan fingerprint density at radius 1 is 0.519 bits per heavy atom. The Labute approximate surface area is 305 Å². The molecule has 0 bridgehead atoms. The predicted molar refractivity (Wildman–Crippen MR) is 215 cm³/mol. The van der Waals surface area contributed by atoms with E-state index in [0.29, 0.717) is 5.92 Å². The molecule has 0 radical (unpaired) electrons. The first kappa shape index (κ1) is 31.4. The molecule has 0 saturated carbocycles. The number of hydrogen-bond acceptors (Lipinski definition) is 5. The van der Waals surface area contributed by atoms with E-state index >= 15 is 0 Å². The van der Waals surface area contributed by atoms with E-state index in [9.17, 15) is 0 Å². The second kappa shape index (κ2) is 13.3. The van der Waals surface area contributed by atoms with Crippen LogP contribution in [-0.2, 0) is 0 Å². The van der Waals surface area contributed by atoms with Crippen molar-refractivity contribution in [1.82, 2.24) is 4.98 Å².